The van der Waals surface area contributed by atoms with Gasteiger partial charge in [0, 0.05) is 18.7 Å². The Morgan fingerprint density at radius 3 is 2.68 bits per heavy atom. The van der Waals surface area contributed by atoms with Gasteiger partial charge in [0.15, 0.2) is 0 Å². The Kier molecular flexibility index (Phi) is 6.16. The number of hydrogen-bond acceptors (Lipinski definition) is 4. The van der Waals surface area contributed by atoms with Crippen molar-refractivity contribution in [1.82, 2.24) is 15.3 Å². The fraction of sp³-hybridized carbons (Fsp3) is 0.706. The molecule has 1 aromatic rings. The van der Waals surface area contributed by atoms with Crippen molar-refractivity contribution in [3.8, 4) is 0 Å². The van der Waals surface area contributed by atoms with Crippen molar-refractivity contribution in [1.29, 1.82) is 0 Å². The molecule has 22 heavy (non-hydrogen) atoms. The lowest BCUT2D eigenvalue weighted by atomic mass is 9.95. The average Bonchev–Trinajstić information content (AvgIpc) is 2.47. The lowest BCUT2D eigenvalue weighted by Gasteiger charge is -2.23. The molecule has 2 N–H and O–H groups in total. The first kappa shape index (κ1) is 16.7. The number of hydrogen-bond donors (Lipinski definition) is 2. The Balaban J connectivity index is 1.97. The van der Waals surface area contributed by atoms with Crippen LogP contribution >= 0.6 is 0 Å². The topological polar surface area (TPSA) is 66.9 Å². The number of rotatable bonds is 6. The summed E-state index contributed by atoms with van der Waals surface area (Å²) < 4.78 is 0. The molecule has 1 aromatic heterocycles. The first-order valence-corrected chi connectivity index (χ1v) is 8.45. The number of nitrogens with zero attached hydrogens (tertiary/aromatic N) is 2. The molecule has 0 spiro atoms. The molecule has 0 aromatic carbocycles. The van der Waals surface area contributed by atoms with Gasteiger partial charge in [0.1, 0.15) is 17.3 Å². The lowest BCUT2D eigenvalue weighted by Crippen LogP contribution is -2.27. The summed E-state index contributed by atoms with van der Waals surface area (Å²) in [7, 11) is 0. The van der Waals surface area contributed by atoms with Crippen LogP contribution in [0.3, 0.4) is 0 Å². The van der Waals surface area contributed by atoms with E-state index in [1.807, 2.05) is 6.92 Å². The van der Waals surface area contributed by atoms with E-state index in [0.29, 0.717) is 30.0 Å². The van der Waals surface area contributed by atoms with Gasteiger partial charge >= 0.3 is 0 Å². The van der Waals surface area contributed by atoms with Crippen LogP contribution in [0.1, 0.15) is 68.7 Å². The second kappa shape index (κ2) is 8.11. The van der Waals surface area contributed by atoms with E-state index in [2.05, 4.69) is 34.4 Å². The third kappa shape index (κ3) is 5.28. The molecule has 0 radical (unpaired) electrons. The molecule has 0 saturated heterocycles. The number of amides is 1. The van der Waals surface area contributed by atoms with E-state index in [4.69, 9.17) is 0 Å². The van der Waals surface area contributed by atoms with Gasteiger partial charge in [-0.25, -0.2) is 9.97 Å². The van der Waals surface area contributed by atoms with Crippen LogP contribution in [-0.2, 0) is 0 Å². The second-order valence-electron chi connectivity index (χ2n) is 6.60. The Morgan fingerprint density at radius 1 is 1.27 bits per heavy atom. The average molecular weight is 304 g/mol. The van der Waals surface area contributed by atoms with Gasteiger partial charge in [0.2, 0.25) is 0 Å². The van der Waals surface area contributed by atoms with E-state index in [1.165, 1.54) is 32.1 Å². The van der Waals surface area contributed by atoms with Crippen LogP contribution < -0.4 is 10.6 Å². The van der Waals surface area contributed by atoms with Crippen LogP contribution in [0.25, 0.3) is 0 Å². The molecule has 0 unspecified atom stereocenters. The number of carbonyl (C=O) groups is 1. The molecule has 5 heteroatoms. The van der Waals surface area contributed by atoms with Crippen molar-refractivity contribution in [2.75, 3.05) is 11.9 Å². The van der Waals surface area contributed by atoms with Crippen LogP contribution in [0.5, 0.6) is 0 Å². The molecule has 1 amide bonds. The summed E-state index contributed by atoms with van der Waals surface area (Å²) in [5.41, 5.74) is 0.453. The minimum atomic E-state index is -0.113. The maximum atomic E-state index is 12.2. The van der Waals surface area contributed by atoms with Crippen LogP contribution in [0, 0.1) is 12.8 Å². The molecule has 2 rings (SSSR count). The largest absolute Gasteiger partial charge is 0.367 e. The predicted molar refractivity (Wildman–Crippen MR) is 89.1 cm³/mol. The molecule has 1 heterocycles. The third-order valence-electron chi connectivity index (χ3n) is 4.04. The third-order valence-corrected chi connectivity index (χ3v) is 4.04. The van der Waals surface area contributed by atoms with Gasteiger partial charge < -0.3 is 10.6 Å². The zero-order valence-electron chi connectivity index (χ0n) is 14.0. The zero-order valence-corrected chi connectivity index (χ0v) is 14.0. The SMILES string of the molecule is Cc1nc(NC2CCCCC2)cc(C(=O)NCCC(C)C)n1. The molecule has 5 nitrogen and oxygen atoms in total. The van der Waals surface area contributed by atoms with E-state index >= 15 is 0 Å². The van der Waals surface area contributed by atoms with E-state index < -0.39 is 0 Å². The molecule has 0 atom stereocenters. The predicted octanol–water partition coefficient (Wildman–Crippen LogP) is 3.31. The summed E-state index contributed by atoms with van der Waals surface area (Å²) in [6.45, 7) is 6.81. The molecule has 1 aliphatic rings. The smallest absolute Gasteiger partial charge is 0.270 e. The number of aromatic nitrogens is 2. The Labute approximate surface area is 133 Å². The van der Waals surface area contributed by atoms with Crippen molar-refractivity contribution >= 4 is 11.7 Å². The molecule has 1 fully saturated rings. The van der Waals surface area contributed by atoms with Crippen LogP contribution in [0.15, 0.2) is 6.07 Å². The lowest BCUT2D eigenvalue weighted by molar-refractivity contribution is 0.0946. The van der Waals surface area contributed by atoms with Crippen LogP contribution in [0.4, 0.5) is 5.82 Å². The molecular formula is C17H28N4O. The summed E-state index contributed by atoms with van der Waals surface area (Å²) in [6.07, 6.45) is 7.19. The van der Waals surface area contributed by atoms with E-state index in [1.54, 1.807) is 6.07 Å². The maximum Gasteiger partial charge on any atom is 0.270 e. The second-order valence-corrected chi connectivity index (χ2v) is 6.60. The van der Waals surface area contributed by atoms with Gasteiger partial charge in [-0.3, -0.25) is 4.79 Å². The molecule has 122 valence electrons. The van der Waals surface area contributed by atoms with Crippen molar-refractivity contribution in [2.45, 2.75) is 65.3 Å². The Bertz CT molecular complexity index is 495. The molecule has 1 aliphatic carbocycles. The number of carbonyl (C=O) groups excluding carboxylic acids is 1. The van der Waals surface area contributed by atoms with Gasteiger partial charge in [-0.15, -0.1) is 0 Å². The zero-order chi connectivity index (χ0) is 15.9. The first-order chi connectivity index (χ1) is 10.5. The van der Waals surface area contributed by atoms with Crippen molar-refractivity contribution in [3.63, 3.8) is 0 Å². The highest BCUT2D eigenvalue weighted by Gasteiger charge is 2.15. The minimum absolute atomic E-state index is 0.113. The normalized spacial score (nSPS) is 15.8. The van der Waals surface area contributed by atoms with Gasteiger partial charge in [-0.1, -0.05) is 33.1 Å². The summed E-state index contributed by atoms with van der Waals surface area (Å²) in [4.78, 5) is 20.9. The van der Waals surface area contributed by atoms with Gasteiger partial charge in [0.25, 0.3) is 5.91 Å². The molecule has 0 bridgehead atoms. The van der Waals surface area contributed by atoms with Crippen molar-refractivity contribution in [2.24, 2.45) is 5.92 Å². The quantitative estimate of drug-likeness (QED) is 0.846. The summed E-state index contributed by atoms with van der Waals surface area (Å²) in [5.74, 6) is 1.87. The fourth-order valence-electron chi connectivity index (χ4n) is 2.78. The van der Waals surface area contributed by atoms with Crippen LogP contribution in [0.2, 0.25) is 0 Å². The standard InChI is InChI=1S/C17H28N4O/c1-12(2)9-10-18-17(22)15-11-16(20-13(3)19-15)21-14-7-5-4-6-8-14/h11-12,14H,4-10H2,1-3H3,(H,18,22)(H,19,20,21). The number of aryl methyl sites for hydroxylation is 1. The highest BCUT2D eigenvalue weighted by Crippen LogP contribution is 2.21. The maximum absolute atomic E-state index is 12.2. The molecule has 1 saturated carbocycles. The van der Waals surface area contributed by atoms with E-state index in [9.17, 15) is 4.79 Å². The number of nitrogens with one attached hydrogen (secondary N) is 2. The fourth-order valence-corrected chi connectivity index (χ4v) is 2.78. The van der Waals surface area contributed by atoms with Gasteiger partial charge in [-0.05, 0) is 32.1 Å². The summed E-state index contributed by atoms with van der Waals surface area (Å²) >= 11 is 0. The Hall–Kier alpha value is -1.65. The summed E-state index contributed by atoms with van der Waals surface area (Å²) in [5, 5.41) is 6.39. The molecular weight excluding hydrogens is 276 g/mol. The van der Waals surface area contributed by atoms with Crippen LogP contribution in [-0.4, -0.2) is 28.5 Å². The summed E-state index contributed by atoms with van der Waals surface area (Å²) in [6, 6.07) is 2.24. The monoisotopic (exact) mass is 304 g/mol. The van der Waals surface area contributed by atoms with E-state index in [0.717, 1.165) is 12.2 Å². The van der Waals surface area contributed by atoms with Gasteiger partial charge in [-0.2, -0.15) is 0 Å². The highest BCUT2D eigenvalue weighted by atomic mass is 16.1. The van der Waals surface area contributed by atoms with E-state index in [-0.39, 0.29) is 5.91 Å². The first-order valence-electron chi connectivity index (χ1n) is 8.45. The van der Waals surface area contributed by atoms with Crippen molar-refractivity contribution in [3.05, 3.63) is 17.6 Å². The minimum Gasteiger partial charge on any atom is -0.367 e. The van der Waals surface area contributed by atoms with Crippen molar-refractivity contribution < 1.29 is 4.79 Å². The molecule has 0 aliphatic heterocycles. The number of anilines is 1. The Morgan fingerprint density at radius 2 is 2.00 bits per heavy atom. The van der Waals surface area contributed by atoms with Gasteiger partial charge in [0.05, 0.1) is 0 Å². The highest BCUT2D eigenvalue weighted by molar-refractivity contribution is 5.92.